The van der Waals surface area contributed by atoms with Gasteiger partial charge in [-0.2, -0.15) is 0 Å². The molecule has 82 valence electrons. The van der Waals surface area contributed by atoms with Gasteiger partial charge in [0.25, 0.3) is 0 Å². The minimum atomic E-state index is -0.597. The van der Waals surface area contributed by atoms with Crippen LogP contribution in [0.2, 0.25) is 0 Å². The van der Waals surface area contributed by atoms with Gasteiger partial charge < -0.3 is 5.11 Å². The minimum absolute atomic E-state index is 0.210. The van der Waals surface area contributed by atoms with Gasteiger partial charge in [-0.25, -0.2) is 4.99 Å². The third-order valence-electron chi connectivity index (χ3n) is 1.55. The Morgan fingerprint density at radius 3 is 1.60 bits per heavy atom. The van der Waals surface area contributed by atoms with Crippen molar-refractivity contribution in [3.05, 3.63) is 11.3 Å². The molecule has 0 unspecified atom stereocenters. The number of allylic oxidation sites excluding steroid dienone is 2. The van der Waals surface area contributed by atoms with E-state index in [4.69, 9.17) is 0 Å². The van der Waals surface area contributed by atoms with Crippen LogP contribution in [-0.2, 0) is 14.4 Å². The van der Waals surface area contributed by atoms with Crippen LogP contribution in [0, 0.1) is 0 Å². The van der Waals surface area contributed by atoms with Gasteiger partial charge >= 0.3 is 0 Å². The highest BCUT2D eigenvalue weighted by Gasteiger charge is 2.20. The van der Waals surface area contributed by atoms with Crippen molar-refractivity contribution >= 4 is 23.2 Å². The van der Waals surface area contributed by atoms with E-state index in [0.717, 1.165) is 6.92 Å². The van der Waals surface area contributed by atoms with Gasteiger partial charge in [-0.1, -0.05) is 0 Å². The number of carbonyl (C=O) groups excluding carboxylic acids is 3. The summed E-state index contributed by atoms with van der Waals surface area (Å²) in [5.41, 5.74) is -0.507. The molecule has 15 heavy (non-hydrogen) atoms. The summed E-state index contributed by atoms with van der Waals surface area (Å²) in [7, 11) is 0. The number of ketones is 2. The largest absolute Gasteiger partial charge is 0.512 e. The van der Waals surface area contributed by atoms with E-state index in [2.05, 4.69) is 4.99 Å². The van der Waals surface area contributed by atoms with Gasteiger partial charge in [-0.15, -0.1) is 0 Å². The fourth-order valence-corrected chi connectivity index (χ4v) is 1.06. The average Bonchev–Trinajstić information content (AvgIpc) is 2.00. The maximum absolute atomic E-state index is 11.2. The van der Waals surface area contributed by atoms with E-state index >= 15 is 0 Å². The quantitative estimate of drug-likeness (QED) is 0.428. The first-order chi connectivity index (χ1) is 6.77. The Morgan fingerprint density at radius 2 is 1.40 bits per heavy atom. The maximum atomic E-state index is 11.2. The molecule has 5 nitrogen and oxygen atoms in total. The van der Waals surface area contributed by atoms with Crippen LogP contribution in [0.3, 0.4) is 0 Å². The first-order valence-electron chi connectivity index (χ1n) is 4.28. The van der Waals surface area contributed by atoms with Gasteiger partial charge in [0.1, 0.15) is 11.5 Å². The molecule has 0 saturated carbocycles. The summed E-state index contributed by atoms with van der Waals surface area (Å²) in [5.74, 6) is -1.97. The van der Waals surface area contributed by atoms with E-state index in [9.17, 15) is 19.5 Å². The molecule has 0 saturated heterocycles. The van der Waals surface area contributed by atoms with Crippen molar-refractivity contribution in [3.8, 4) is 0 Å². The molecule has 0 aliphatic carbocycles. The molecule has 0 aliphatic heterocycles. The van der Waals surface area contributed by atoms with Crippen molar-refractivity contribution in [3.63, 3.8) is 0 Å². The second-order valence-corrected chi connectivity index (χ2v) is 3.05. The van der Waals surface area contributed by atoms with Crippen LogP contribution >= 0.6 is 0 Å². The Kier molecular flexibility index (Phi) is 4.57. The number of nitrogens with zero attached hydrogens (tertiary/aromatic N) is 1. The van der Waals surface area contributed by atoms with E-state index in [1.807, 2.05) is 0 Å². The molecule has 0 aromatic heterocycles. The molecule has 0 atom stereocenters. The molecule has 0 fully saturated rings. The zero-order valence-electron chi connectivity index (χ0n) is 9.12. The third-order valence-corrected chi connectivity index (χ3v) is 1.55. The number of rotatable bonds is 3. The van der Waals surface area contributed by atoms with Crippen molar-refractivity contribution in [2.24, 2.45) is 4.99 Å². The first-order valence-corrected chi connectivity index (χ1v) is 4.28. The maximum Gasteiger partial charge on any atom is 0.243 e. The second-order valence-electron chi connectivity index (χ2n) is 3.05. The third kappa shape index (κ3) is 3.84. The molecule has 0 aromatic rings. The van der Waals surface area contributed by atoms with Crippen LogP contribution in [0.25, 0.3) is 0 Å². The molecule has 1 N–H and O–H groups in total. The van der Waals surface area contributed by atoms with Crippen LogP contribution in [0.15, 0.2) is 16.3 Å². The first kappa shape index (κ1) is 13.2. The number of aliphatic imine (C=N–C) groups is 1. The predicted molar refractivity (Wildman–Crippen MR) is 54.8 cm³/mol. The standard InChI is InChI=1S/C10H13NO4/c1-5(12)9(6(2)13)10(7(3)14)11-8(4)15/h12H,1-4H3. The number of aliphatic hydroxyl groups is 1. The highest BCUT2D eigenvalue weighted by molar-refractivity contribution is 6.52. The number of carbonyl (C=O) groups is 3. The molecular formula is C10H13NO4. The Hall–Kier alpha value is -1.78. The Balaban J connectivity index is 5.64. The average molecular weight is 211 g/mol. The molecule has 0 radical (unpaired) electrons. The summed E-state index contributed by atoms with van der Waals surface area (Å²) in [6, 6.07) is 0. The van der Waals surface area contributed by atoms with Gasteiger partial charge in [0.2, 0.25) is 5.91 Å². The van der Waals surface area contributed by atoms with Crippen LogP contribution < -0.4 is 0 Å². The summed E-state index contributed by atoms with van der Waals surface area (Å²) >= 11 is 0. The Bertz CT molecular complexity index is 373. The lowest BCUT2D eigenvalue weighted by Gasteiger charge is -2.05. The number of hydrogen-bond acceptors (Lipinski definition) is 4. The number of aliphatic hydroxyl groups excluding tert-OH is 1. The van der Waals surface area contributed by atoms with E-state index < -0.39 is 17.5 Å². The van der Waals surface area contributed by atoms with E-state index in [0.29, 0.717) is 0 Å². The number of Topliss-reactive ketones (excluding diaryl/α,β-unsaturated/α-hetero) is 2. The fraction of sp³-hybridized carbons (Fsp3) is 0.400. The van der Waals surface area contributed by atoms with E-state index in [1.165, 1.54) is 20.8 Å². The number of hydrogen-bond donors (Lipinski definition) is 1. The fourth-order valence-electron chi connectivity index (χ4n) is 1.06. The van der Waals surface area contributed by atoms with E-state index in [-0.39, 0.29) is 17.0 Å². The lowest BCUT2D eigenvalue weighted by Crippen LogP contribution is -2.21. The molecule has 0 rings (SSSR count). The monoisotopic (exact) mass is 211 g/mol. The van der Waals surface area contributed by atoms with Gasteiger partial charge in [0.15, 0.2) is 11.6 Å². The molecular weight excluding hydrogens is 198 g/mol. The van der Waals surface area contributed by atoms with Gasteiger partial charge in [0.05, 0.1) is 5.57 Å². The highest BCUT2D eigenvalue weighted by Crippen LogP contribution is 2.07. The van der Waals surface area contributed by atoms with Crippen LogP contribution in [0.5, 0.6) is 0 Å². The van der Waals surface area contributed by atoms with Gasteiger partial charge in [-0.05, 0) is 13.8 Å². The van der Waals surface area contributed by atoms with Crippen LogP contribution in [-0.4, -0.2) is 28.3 Å². The Labute approximate surface area is 87.5 Å². The highest BCUT2D eigenvalue weighted by atomic mass is 16.3. The van der Waals surface area contributed by atoms with Crippen LogP contribution in [0.1, 0.15) is 27.7 Å². The van der Waals surface area contributed by atoms with Gasteiger partial charge in [0, 0.05) is 13.8 Å². The van der Waals surface area contributed by atoms with Crippen LogP contribution in [0.4, 0.5) is 0 Å². The molecule has 0 aliphatic rings. The Morgan fingerprint density at radius 1 is 0.933 bits per heavy atom. The molecule has 0 bridgehead atoms. The lowest BCUT2D eigenvalue weighted by molar-refractivity contribution is -0.116. The van der Waals surface area contributed by atoms with Crippen molar-refractivity contribution in [1.29, 1.82) is 0 Å². The van der Waals surface area contributed by atoms with Crippen molar-refractivity contribution in [1.82, 2.24) is 0 Å². The molecule has 1 amide bonds. The molecule has 0 spiro atoms. The molecule has 0 heterocycles. The normalized spacial score (nSPS) is 13.2. The minimum Gasteiger partial charge on any atom is -0.512 e. The topological polar surface area (TPSA) is 83.8 Å². The summed E-state index contributed by atoms with van der Waals surface area (Å²) in [6.07, 6.45) is 0. The summed E-state index contributed by atoms with van der Waals surface area (Å²) < 4.78 is 0. The molecule has 5 heteroatoms. The number of amides is 1. The van der Waals surface area contributed by atoms with Crippen molar-refractivity contribution in [2.45, 2.75) is 27.7 Å². The van der Waals surface area contributed by atoms with E-state index in [1.54, 1.807) is 0 Å². The summed E-state index contributed by atoms with van der Waals surface area (Å²) in [6.45, 7) is 4.78. The van der Waals surface area contributed by atoms with Crippen molar-refractivity contribution < 1.29 is 19.5 Å². The van der Waals surface area contributed by atoms with Gasteiger partial charge in [-0.3, -0.25) is 14.4 Å². The summed E-state index contributed by atoms with van der Waals surface area (Å²) in [4.78, 5) is 36.5. The lowest BCUT2D eigenvalue weighted by atomic mass is 10.0. The zero-order chi connectivity index (χ0) is 12.2. The predicted octanol–water partition coefficient (Wildman–Crippen LogP) is 0.984. The second kappa shape index (κ2) is 5.19. The smallest absolute Gasteiger partial charge is 0.243 e. The molecule has 0 aromatic carbocycles. The SMILES string of the molecule is CC(=O)N=C(C(C)=O)C(C(C)=O)=C(C)O. The summed E-state index contributed by atoms with van der Waals surface area (Å²) in [5, 5.41) is 9.23. The van der Waals surface area contributed by atoms with Crippen molar-refractivity contribution in [2.75, 3.05) is 0 Å². The zero-order valence-corrected chi connectivity index (χ0v) is 9.12.